The molecule has 126 valence electrons. The normalized spacial score (nSPS) is 10.3. The van der Waals surface area contributed by atoms with Crippen LogP contribution in [0.4, 0.5) is 17.1 Å². The van der Waals surface area contributed by atoms with Gasteiger partial charge in [-0.1, -0.05) is 30.3 Å². The molecule has 0 unspecified atom stereocenters. The van der Waals surface area contributed by atoms with Gasteiger partial charge in [-0.2, -0.15) is 0 Å². The number of carbonyl (C=O) groups excluding carboxylic acids is 1. The summed E-state index contributed by atoms with van der Waals surface area (Å²) in [6.07, 6.45) is 1.59. The summed E-state index contributed by atoms with van der Waals surface area (Å²) < 4.78 is 0.709. The number of nitrogen functional groups attached to an aromatic ring is 1. The quantitative estimate of drug-likeness (QED) is 0.561. The van der Waals surface area contributed by atoms with Crippen LogP contribution in [0.5, 0.6) is 0 Å². The Balaban J connectivity index is 1.69. The Bertz CT molecular complexity index is 884. The monoisotopic (exact) mass is 396 g/mol. The molecule has 3 aromatic rings. The first-order chi connectivity index (χ1) is 12.1. The fourth-order valence-corrected chi connectivity index (χ4v) is 2.67. The lowest BCUT2D eigenvalue weighted by Crippen LogP contribution is -2.12. The van der Waals surface area contributed by atoms with Crippen LogP contribution in [-0.4, -0.2) is 10.9 Å². The molecular formula is C19H17BrN4O. The minimum atomic E-state index is -0.140. The number of carbonyl (C=O) groups is 1. The van der Waals surface area contributed by atoms with Gasteiger partial charge in [0.05, 0.1) is 17.6 Å². The zero-order valence-electron chi connectivity index (χ0n) is 13.4. The third kappa shape index (κ3) is 4.58. The molecule has 3 rings (SSSR count). The molecule has 0 bridgehead atoms. The molecule has 25 heavy (non-hydrogen) atoms. The SMILES string of the molecule is Nc1cnc(Br)cc1NCc1cccc(C(=O)Nc2ccccc2)c1. The fraction of sp³-hybridized carbons (Fsp3) is 0.0526. The minimum absolute atomic E-state index is 0.140. The van der Waals surface area contributed by atoms with Crippen LogP contribution in [0.2, 0.25) is 0 Å². The second-order valence-electron chi connectivity index (χ2n) is 5.47. The summed E-state index contributed by atoms with van der Waals surface area (Å²) in [7, 11) is 0. The zero-order valence-corrected chi connectivity index (χ0v) is 15.0. The number of benzene rings is 2. The van der Waals surface area contributed by atoms with Gasteiger partial charge in [-0.05, 0) is 51.8 Å². The maximum atomic E-state index is 12.4. The van der Waals surface area contributed by atoms with E-state index in [0.29, 0.717) is 22.4 Å². The van der Waals surface area contributed by atoms with Crippen LogP contribution in [-0.2, 0) is 6.54 Å². The maximum Gasteiger partial charge on any atom is 0.255 e. The van der Waals surface area contributed by atoms with Gasteiger partial charge in [-0.15, -0.1) is 0 Å². The van der Waals surface area contributed by atoms with Gasteiger partial charge in [0.1, 0.15) is 4.60 Å². The van der Waals surface area contributed by atoms with Crippen LogP contribution >= 0.6 is 15.9 Å². The third-order valence-corrected chi connectivity index (χ3v) is 4.04. The van der Waals surface area contributed by atoms with Crippen LogP contribution in [0.15, 0.2) is 71.5 Å². The summed E-state index contributed by atoms with van der Waals surface area (Å²) in [6, 6.07) is 18.7. The van der Waals surface area contributed by atoms with E-state index in [1.807, 2.05) is 54.6 Å². The van der Waals surface area contributed by atoms with Crippen molar-refractivity contribution in [2.75, 3.05) is 16.4 Å². The Morgan fingerprint density at radius 1 is 1.08 bits per heavy atom. The van der Waals surface area contributed by atoms with Crippen LogP contribution in [0.25, 0.3) is 0 Å². The highest BCUT2D eigenvalue weighted by atomic mass is 79.9. The van der Waals surface area contributed by atoms with Crippen molar-refractivity contribution >= 4 is 38.9 Å². The van der Waals surface area contributed by atoms with E-state index in [0.717, 1.165) is 16.9 Å². The molecule has 0 saturated heterocycles. The summed E-state index contributed by atoms with van der Waals surface area (Å²) in [5.74, 6) is -0.140. The summed E-state index contributed by atoms with van der Waals surface area (Å²) in [4.78, 5) is 16.4. The zero-order chi connectivity index (χ0) is 17.6. The van der Waals surface area contributed by atoms with Crippen LogP contribution in [0.1, 0.15) is 15.9 Å². The Kier molecular flexibility index (Phi) is 5.30. The first-order valence-corrected chi connectivity index (χ1v) is 8.51. The predicted octanol–water partition coefficient (Wildman–Crippen LogP) is 4.29. The van der Waals surface area contributed by atoms with E-state index in [-0.39, 0.29) is 5.91 Å². The number of aromatic nitrogens is 1. The number of nitrogens with two attached hydrogens (primary N) is 1. The highest BCUT2D eigenvalue weighted by Crippen LogP contribution is 2.21. The Morgan fingerprint density at radius 3 is 2.68 bits per heavy atom. The van der Waals surface area contributed by atoms with Crippen molar-refractivity contribution in [1.82, 2.24) is 4.98 Å². The Hall–Kier alpha value is -2.86. The van der Waals surface area contributed by atoms with Crippen LogP contribution in [0.3, 0.4) is 0 Å². The van der Waals surface area contributed by atoms with Gasteiger partial charge < -0.3 is 16.4 Å². The lowest BCUT2D eigenvalue weighted by atomic mass is 10.1. The molecule has 1 heterocycles. The second-order valence-corrected chi connectivity index (χ2v) is 6.28. The van der Waals surface area contributed by atoms with Crippen LogP contribution in [0, 0.1) is 0 Å². The molecule has 1 amide bonds. The predicted molar refractivity (Wildman–Crippen MR) is 105 cm³/mol. The first-order valence-electron chi connectivity index (χ1n) is 7.72. The van der Waals surface area contributed by atoms with Crippen molar-refractivity contribution < 1.29 is 4.79 Å². The fourth-order valence-electron chi connectivity index (χ4n) is 2.34. The molecule has 0 saturated carbocycles. The number of halogens is 1. The molecule has 0 spiro atoms. The summed E-state index contributed by atoms with van der Waals surface area (Å²) >= 11 is 3.33. The van der Waals surface area contributed by atoms with Gasteiger partial charge >= 0.3 is 0 Å². The highest BCUT2D eigenvalue weighted by molar-refractivity contribution is 9.10. The number of nitrogens with one attached hydrogen (secondary N) is 2. The van der Waals surface area contributed by atoms with Crippen molar-refractivity contribution in [1.29, 1.82) is 0 Å². The molecule has 5 nitrogen and oxygen atoms in total. The van der Waals surface area contributed by atoms with Gasteiger partial charge in [-0.25, -0.2) is 4.98 Å². The van der Waals surface area contributed by atoms with Crippen molar-refractivity contribution in [2.24, 2.45) is 0 Å². The van der Waals surface area contributed by atoms with E-state index in [9.17, 15) is 4.79 Å². The number of anilines is 3. The molecule has 0 atom stereocenters. The number of rotatable bonds is 5. The number of hydrogen-bond donors (Lipinski definition) is 3. The smallest absolute Gasteiger partial charge is 0.255 e. The molecule has 2 aromatic carbocycles. The molecule has 0 aliphatic heterocycles. The maximum absolute atomic E-state index is 12.4. The van der Waals surface area contributed by atoms with Gasteiger partial charge in [0.2, 0.25) is 0 Å². The molecule has 4 N–H and O–H groups in total. The molecule has 6 heteroatoms. The lowest BCUT2D eigenvalue weighted by molar-refractivity contribution is 0.102. The molecule has 0 fully saturated rings. The highest BCUT2D eigenvalue weighted by Gasteiger charge is 2.07. The number of hydrogen-bond acceptors (Lipinski definition) is 4. The van der Waals surface area contributed by atoms with E-state index in [1.165, 1.54) is 0 Å². The summed E-state index contributed by atoms with van der Waals surface area (Å²) in [5.41, 5.74) is 9.62. The topological polar surface area (TPSA) is 80.0 Å². The summed E-state index contributed by atoms with van der Waals surface area (Å²) in [5, 5.41) is 6.14. The van der Waals surface area contributed by atoms with E-state index < -0.39 is 0 Å². The average Bonchev–Trinajstić information content (AvgIpc) is 2.63. The number of nitrogens with zero attached hydrogens (tertiary/aromatic N) is 1. The standard InChI is InChI=1S/C19H17BrN4O/c20-18-10-17(16(21)12-23-18)22-11-13-5-4-6-14(9-13)19(25)24-15-7-2-1-3-8-15/h1-10,12H,11,21H2,(H,22,23)(H,24,25). The van der Waals surface area contributed by atoms with Gasteiger partial charge in [0.15, 0.2) is 0 Å². The first kappa shape index (κ1) is 17.0. The van der Waals surface area contributed by atoms with Gasteiger partial charge in [0, 0.05) is 17.8 Å². The van der Waals surface area contributed by atoms with Crippen molar-refractivity contribution in [3.05, 3.63) is 82.6 Å². The molecule has 1 aromatic heterocycles. The Labute approximate surface area is 154 Å². The minimum Gasteiger partial charge on any atom is -0.396 e. The van der Waals surface area contributed by atoms with Crippen molar-refractivity contribution in [3.63, 3.8) is 0 Å². The second kappa shape index (κ2) is 7.81. The Morgan fingerprint density at radius 2 is 1.88 bits per heavy atom. The third-order valence-electron chi connectivity index (χ3n) is 3.61. The molecular weight excluding hydrogens is 380 g/mol. The van der Waals surface area contributed by atoms with Crippen LogP contribution < -0.4 is 16.4 Å². The van der Waals surface area contributed by atoms with Gasteiger partial charge in [0.25, 0.3) is 5.91 Å². The largest absolute Gasteiger partial charge is 0.396 e. The lowest BCUT2D eigenvalue weighted by Gasteiger charge is -2.11. The molecule has 0 aliphatic carbocycles. The number of para-hydroxylation sites is 1. The van der Waals surface area contributed by atoms with E-state index >= 15 is 0 Å². The van der Waals surface area contributed by atoms with Crippen molar-refractivity contribution in [2.45, 2.75) is 6.54 Å². The molecule has 0 aliphatic rings. The van der Waals surface area contributed by atoms with Gasteiger partial charge in [-0.3, -0.25) is 4.79 Å². The van der Waals surface area contributed by atoms with E-state index in [4.69, 9.17) is 5.73 Å². The number of amides is 1. The number of pyridine rings is 1. The summed E-state index contributed by atoms with van der Waals surface area (Å²) in [6.45, 7) is 0.549. The average molecular weight is 397 g/mol. The van der Waals surface area contributed by atoms with E-state index in [1.54, 1.807) is 12.3 Å². The van der Waals surface area contributed by atoms with Crippen molar-refractivity contribution in [3.8, 4) is 0 Å². The molecule has 0 radical (unpaired) electrons. The van der Waals surface area contributed by atoms with E-state index in [2.05, 4.69) is 31.5 Å².